The second-order valence-corrected chi connectivity index (χ2v) is 11.1. The van der Waals surface area contributed by atoms with Crippen molar-refractivity contribution in [2.24, 2.45) is 0 Å². The Morgan fingerprint density at radius 2 is 0.638 bits per heavy atom. The van der Waals surface area contributed by atoms with Crippen LogP contribution in [-0.4, -0.2) is 203 Å². The molecule has 0 saturated carbocycles. The van der Waals surface area contributed by atoms with Crippen molar-refractivity contribution in [2.75, 3.05) is 14.2 Å². The average molecular weight is 687 g/mol. The lowest BCUT2D eigenvalue weighted by molar-refractivity contribution is -0.374. The van der Waals surface area contributed by atoms with Gasteiger partial charge in [-0.3, -0.25) is 0 Å². The van der Waals surface area contributed by atoms with Crippen molar-refractivity contribution in [1.29, 1.82) is 0 Å². The highest BCUT2D eigenvalue weighted by molar-refractivity contribution is 5.59. The standard InChI is InChI=1S/C26H38O21/c1-39-19-7(3-27)42-24(16(36)11(19)31)46-21-9(5-29)44-26(18(38)13(21)33)47-22-10(6-30)43-25(17(37)14(22)34)45-20-8(4-28)41-23(40-2)15(35)12(20)32/h3-26,31-38H,1-2H3. The van der Waals surface area contributed by atoms with Crippen LogP contribution in [0.5, 0.6) is 0 Å². The van der Waals surface area contributed by atoms with Crippen LogP contribution in [0.2, 0.25) is 0 Å². The van der Waals surface area contributed by atoms with E-state index in [9.17, 15) is 60.0 Å². The van der Waals surface area contributed by atoms with Gasteiger partial charge >= 0.3 is 0 Å². The number of ether oxygens (including phenoxy) is 9. The van der Waals surface area contributed by atoms with Crippen LogP contribution in [0.15, 0.2) is 0 Å². The highest BCUT2D eigenvalue weighted by Gasteiger charge is 2.55. The van der Waals surface area contributed by atoms with E-state index in [1.165, 1.54) is 0 Å². The molecule has 4 rings (SSSR count). The lowest BCUT2D eigenvalue weighted by atomic mass is 9.96. The Bertz CT molecular complexity index is 1070. The highest BCUT2D eigenvalue weighted by atomic mass is 16.8. The van der Waals surface area contributed by atoms with Gasteiger partial charge in [-0.05, 0) is 0 Å². The molecule has 0 spiro atoms. The van der Waals surface area contributed by atoms with E-state index in [1.54, 1.807) is 0 Å². The summed E-state index contributed by atoms with van der Waals surface area (Å²) < 4.78 is 47.4. The lowest BCUT2D eigenvalue weighted by Gasteiger charge is -2.47. The van der Waals surface area contributed by atoms with E-state index in [0.29, 0.717) is 0 Å². The second kappa shape index (κ2) is 16.1. The van der Waals surface area contributed by atoms with Crippen molar-refractivity contribution in [3.05, 3.63) is 0 Å². The van der Waals surface area contributed by atoms with E-state index in [1.807, 2.05) is 0 Å². The maximum atomic E-state index is 12.0. The average Bonchev–Trinajstić information content (AvgIpc) is 3.07. The Hall–Kier alpha value is -2.00. The normalized spacial score (nSPS) is 50.8. The van der Waals surface area contributed by atoms with Gasteiger partial charge in [0.2, 0.25) is 0 Å². The molecule has 20 unspecified atom stereocenters. The number of methoxy groups -OCH3 is 2. The number of rotatable bonds is 12. The summed E-state index contributed by atoms with van der Waals surface area (Å²) in [4.78, 5) is 46.9. The monoisotopic (exact) mass is 686 g/mol. The minimum absolute atomic E-state index is 0.107. The molecule has 0 radical (unpaired) electrons. The van der Waals surface area contributed by atoms with E-state index in [-0.39, 0.29) is 25.1 Å². The van der Waals surface area contributed by atoms with Crippen LogP contribution in [0.4, 0.5) is 0 Å². The number of aliphatic hydroxyl groups excluding tert-OH is 8. The zero-order chi connectivity index (χ0) is 34.7. The molecule has 0 aliphatic carbocycles. The van der Waals surface area contributed by atoms with E-state index in [2.05, 4.69) is 0 Å². The van der Waals surface area contributed by atoms with Crippen molar-refractivity contribution >= 4 is 25.1 Å². The van der Waals surface area contributed by atoms with Crippen LogP contribution in [0, 0.1) is 0 Å². The summed E-state index contributed by atoms with van der Waals surface area (Å²) in [5.74, 6) is 0. The molecule has 4 aliphatic rings. The smallest absolute Gasteiger partial charge is 0.187 e. The fraction of sp³-hybridized carbons (Fsp3) is 0.846. The first-order chi connectivity index (χ1) is 22.4. The highest BCUT2D eigenvalue weighted by Crippen LogP contribution is 2.33. The summed E-state index contributed by atoms with van der Waals surface area (Å²) in [7, 11) is 2.29. The molecule has 47 heavy (non-hydrogen) atoms. The summed E-state index contributed by atoms with van der Waals surface area (Å²) >= 11 is 0. The van der Waals surface area contributed by atoms with Crippen molar-refractivity contribution < 1.29 is 103 Å². The predicted molar refractivity (Wildman–Crippen MR) is 139 cm³/mol. The van der Waals surface area contributed by atoms with Crippen molar-refractivity contribution in [1.82, 2.24) is 0 Å². The number of carbonyl (C=O) groups excluding carboxylic acids is 4. The first-order valence-corrected chi connectivity index (χ1v) is 14.3. The number of aldehydes is 4. The zero-order valence-electron chi connectivity index (χ0n) is 24.7. The zero-order valence-corrected chi connectivity index (χ0v) is 24.7. The third-order valence-electron chi connectivity index (χ3n) is 8.24. The van der Waals surface area contributed by atoms with Crippen LogP contribution in [-0.2, 0) is 61.8 Å². The van der Waals surface area contributed by atoms with Gasteiger partial charge in [-0.15, -0.1) is 0 Å². The first-order valence-electron chi connectivity index (χ1n) is 14.3. The van der Waals surface area contributed by atoms with Gasteiger partial charge < -0.3 is 103 Å². The molecule has 0 aromatic heterocycles. The topological polar surface area (TPSA) is 313 Å². The Kier molecular flexibility index (Phi) is 13.0. The van der Waals surface area contributed by atoms with Gasteiger partial charge in [-0.25, -0.2) is 0 Å². The van der Waals surface area contributed by atoms with Crippen molar-refractivity contribution in [2.45, 2.75) is 123 Å². The molecule has 4 aliphatic heterocycles. The minimum Gasteiger partial charge on any atom is -0.387 e. The Morgan fingerprint density at radius 3 is 0.915 bits per heavy atom. The number of hydrogen-bond donors (Lipinski definition) is 8. The van der Waals surface area contributed by atoms with Gasteiger partial charge in [0.25, 0.3) is 0 Å². The van der Waals surface area contributed by atoms with E-state index in [4.69, 9.17) is 42.6 Å². The summed E-state index contributed by atoms with van der Waals surface area (Å²) in [6, 6.07) is 0. The van der Waals surface area contributed by atoms with Crippen molar-refractivity contribution in [3.8, 4) is 0 Å². The predicted octanol–water partition coefficient (Wildman–Crippen LogP) is -7.61. The molecule has 268 valence electrons. The van der Waals surface area contributed by atoms with Gasteiger partial charge in [0.15, 0.2) is 50.3 Å². The Morgan fingerprint density at radius 1 is 0.383 bits per heavy atom. The molecule has 0 aromatic carbocycles. The molecule has 20 atom stereocenters. The molecule has 0 aromatic rings. The van der Waals surface area contributed by atoms with Crippen LogP contribution >= 0.6 is 0 Å². The molecule has 0 amide bonds. The van der Waals surface area contributed by atoms with Crippen LogP contribution < -0.4 is 0 Å². The van der Waals surface area contributed by atoms with Crippen LogP contribution in [0.25, 0.3) is 0 Å². The van der Waals surface area contributed by atoms with Gasteiger partial charge in [0.1, 0.15) is 97.7 Å². The Balaban J connectivity index is 1.44. The van der Waals surface area contributed by atoms with E-state index < -0.39 is 123 Å². The van der Waals surface area contributed by atoms with Crippen LogP contribution in [0.3, 0.4) is 0 Å². The quantitative estimate of drug-likeness (QED) is 0.0884. The fourth-order valence-corrected chi connectivity index (χ4v) is 5.63. The summed E-state index contributed by atoms with van der Waals surface area (Å²) in [5, 5.41) is 84.6. The summed E-state index contributed by atoms with van der Waals surface area (Å²) in [5.41, 5.74) is 0. The minimum atomic E-state index is -2.10. The molecule has 21 heteroatoms. The molecule has 21 nitrogen and oxygen atoms in total. The summed E-state index contributed by atoms with van der Waals surface area (Å²) in [6.45, 7) is 0. The third-order valence-corrected chi connectivity index (χ3v) is 8.24. The molecule has 4 saturated heterocycles. The maximum Gasteiger partial charge on any atom is 0.187 e. The molecular formula is C26H38O21. The van der Waals surface area contributed by atoms with E-state index in [0.717, 1.165) is 14.2 Å². The second-order valence-electron chi connectivity index (χ2n) is 11.1. The number of hydrogen-bond acceptors (Lipinski definition) is 21. The van der Waals surface area contributed by atoms with E-state index >= 15 is 0 Å². The van der Waals surface area contributed by atoms with Gasteiger partial charge in [-0.1, -0.05) is 0 Å². The summed E-state index contributed by atoms with van der Waals surface area (Å²) in [6.07, 6.45) is -35.0. The van der Waals surface area contributed by atoms with Gasteiger partial charge in [0, 0.05) is 14.2 Å². The first kappa shape index (κ1) is 37.8. The molecule has 4 heterocycles. The lowest BCUT2D eigenvalue weighted by Crippen LogP contribution is -2.67. The Labute approximate surface area is 265 Å². The molecular weight excluding hydrogens is 648 g/mol. The molecule has 0 bridgehead atoms. The SMILES string of the molecule is COC1OC(C=O)C(OC2OC(C=O)C(OC3OC(C=O)C(OC4OC(C=O)C(OC)C(O)C4O)C(O)C3O)C(O)C2O)C(O)C1O. The molecule has 4 fully saturated rings. The van der Waals surface area contributed by atoms with Gasteiger partial charge in [0.05, 0.1) is 0 Å². The number of carbonyl (C=O) groups is 4. The fourth-order valence-electron chi connectivity index (χ4n) is 5.63. The maximum absolute atomic E-state index is 12.0. The molecule has 8 N–H and O–H groups in total. The van der Waals surface area contributed by atoms with Crippen LogP contribution in [0.1, 0.15) is 0 Å². The van der Waals surface area contributed by atoms with Gasteiger partial charge in [-0.2, -0.15) is 0 Å². The third kappa shape index (κ3) is 7.46. The largest absolute Gasteiger partial charge is 0.387 e. The van der Waals surface area contributed by atoms with Crippen molar-refractivity contribution in [3.63, 3.8) is 0 Å². The number of aliphatic hydroxyl groups is 8.